The molecule has 5 rings (SSSR count). The number of carbonyl (C=O) groups excluding carboxylic acids is 1. The van der Waals surface area contributed by atoms with E-state index in [2.05, 4.69) is 20.2 Å². The molecule has 1 N–H and O–H groups in total. The van der Waals surface area contributed by atoms with Crippen molar-refractivity contribution in [2.45, 2.75) is 53.0 Å². The van der Waals surface area contributed by atoms with Crippen molar-refractivity contribution in [2.75, 3.05) is 49.7 Å². The Morgan fingerprint density at radius 2 is 1.95 bits per heavy atom. The van der Waals surface area contributed by atoms with E-state index in [9.17, 15) is 4.79 Å². The van der Waals surface area contributed by atoms with Gasteiger partial charge in [-0.25, -0.2) is 19.7 Å². The van der Waals surface area contributed by atoms with Gasteiger partial charge in [-0.3, -0.25) is 4.68 Å². The van der Waals surface area contributed by atoms with Crippen molar-refractivity contribution in [1.29, 1.82) is 0 Å². The zero-order valence-corrected chi connectivity index (χ0v) is 25.1. The number of nitrogens with zero attached hydrogens (tertiary/aromatic N) is 8. The number of rotatable bonds is 12. The molecule has 13 nitrogen and oxygen atoms in total. The van der Waals surface area contributed by atoms with Crippen LogP contribution in [0.3, 0.4) is 0 Å². The van der Waals surface area contributed by atoms with Crippen LogP contribution in [0, 0.1) is 0 Å². The van der Waals surface area contributed by atoms with Gasteiger partial charge in [0.25, 0.3) is 0 Å². The molecule has 1 aromatic carbocycles. The Hall–Kier alpha value is -4.36. The van der Waals surface area contributed by atoms with Gasteiger partial charge in [-0.15, -0.1) is 0 Å². The summed E-state index contributed by atoms with van der Waals surface area (Å²) in [7, 11) is 0. The topological polar surface area (TPSA) is 133 Å². The van der Waals surface area contributed by atoms with E-state index >= 15 is 0 Å². The van der Waals surface area contributed by atoms with Gasteiger partial charge in [0.05, 0.1) is 13.2 Å². The summed E-state index contributed by atoms with van der Waals surface area (Å²) in [4.78, 5) is 35.2. The lowest BCUT2D eigenvalue weighted by atomic mass is 10.2. The predicted octanol–water partition coefficient (Wildman–Crippen LogP) is 4.34. The molecule has 1 saturated heterocycles. The number of hydrogen-bond donors (Lipinski definition) is 1. The third-order valence-electron chi connectivity index (χ3n) is 7.23. The van der Waals surface area contributed by atoms with E-state index in [4.69, 9.17) is 29.3 Å². The molecule has 228 valence electrons. The van der Waals surface area contributed by atoms with E-state index in [1.54, 1.807) is 17.2 Å². The van der Waals surface area contributed by atoms with E-state index in [-0.39, 0.29) is 24.8 Å². The highest BCUT2D eigenvalue weighted by Crippen LogP contribution is 2.32. The first-order chi connectivity index (χ1) is 21.0. The lowest BCUT2D eigenvalue weighted by Crippen LogP contribution is -2.54. The smallest absolute Gasteiger partial charge is 0.410 e. The number of aromatic nitrogens is 6. The molecule has 2 atom stereocenters. The summed E-state index contributed by atoms with van der Waals surface area (Å²) in [5, 5.41) is 8.27. The molecule has 1 fully saturated rings. The molecule has 0 bridgehead atoms. The molecule has 0 aliphatic carbocycles. The first-order valence-electron chi connectivity index (χ1n) is 14.7. The minimum atomic E-state index is -0.332. The third kappa shape index (κ3) is 7.17. The Balaban J connectivity index is 1.44. The lowest BCUT2D eigenvalue weighted by Gasteiger charge is -2.39. The summed E-state index contributed by atoms with van der Waals surface area (Å²) in [6.07, 6.45) is 2.53. The van der Waals surface area contributed by atoms with Crippen molar-refractivity contribution < 1.29 is 19.0 Å². The van der Waals surface area contributed by atoms with E-state index in [1.807, 2.05) is 62.7 Å². The Morgan fingerprint density at radius 3 is 2.67 bits per heavy atom. The lowest BCUT2D eigenvalue weighted by molar-refractivity contribution is 0.0732. The van der Waals surface area contributed by atoms with Crippen molar-refractivity contribution in [3.05, 3.63) is 60.2 Å². The van der Waals surface area contributed by atoms with Crippen LogP contribution in [0.25, 0.3) is 11.0 Å². The van der Waals surface area contributed by atoms with E-state index in [0.29, 0.717) is 69.1 Å². The molecule has 4 aromatic rings. The number of hydrogen-bond acceptors (Lipinski definition) is 11. The van der Waals surface area contributed by atoms with Crippen molar-refractivity contribution in [3.8, 4) is 0 Å². The third-order valence-corrected chi connectivity index (χ3v) is 7.23. The summed E-state index contributed by atoms with van der Waals surface area (Å²) in [5.41, 5.74) is 3.10. The molecule has 0 radical (unpaired) electrons. The summed E-state index contributed by atoms with van der Waals surface area (Å²) in [6, 6.07) is 11.3. The number of benzene rings is 1. The number of piperazine rings is 1. The van der Waals surface area contributed by atoms with Crippen LogP contribution in [-0.4, -0.2) is 86.2 Å². The van der Waals surface area contributed by atoms with Gasteiger partial charge in [-0.05, 0) is 39.3 Å². The van der Waals surface area contributed by atoms with Crippen molar-refractivity contribution in [1.82, 2.24) is 34.6 Å². The van der Waals surface area contributed by atoms with Gasteiger partial charge in [-0.1, -0.05) is 30.3 Å². The predicted molar refractivity (Wildman–Crippen MR) is 162 cm³/mol. The summed E-state index contributed by atoms with van der Waals surface area (Å²) in [6.45, 7) is 11.8. The van der Waals surface area contributed by atoms with Gasteiger partial charge < -0.3 is 29.3 Å². The van der Waals surface area contributed by atoms with Gasteiger partial charge in [0.2, 0.25) is 5.95 Å². The average molecular weight is 590 g/mol. The fourth-order valence-electron chi connectivity index (χ4n) is 5.08. The highest BCUT2D eigenvalue weighted by atomic mass is 16.6. The molecular formula is C30H39N9O4. The molecule has 43 heavy (non-hydrogen) atoms. The van der Waals surface area contributed by atoms with Crippen molar-refractivity contribution in [2.24, 2.45) is 0 Å². The van der Waals surface area contributed by atoms with Crippen LogP contribution in [-0.2, 0) is 27.4 Å². The summed E-state index contributed by atoms with van der Waals surface area (Å²) in [5.74, 6) is 1.69. The number of carbonyl (C=O) groups is 1. The number of fused-ring (bicyclic) bond motifs is 1. The van der Waals surface area contributed by atoms with Gasteiger partial charge in [0.1, 0.15) is 41.6 Å². The number of amides is 1. The molecule has 3 aromatic heterocycles. The number of nitrogens with one attached hydrogen (secondary N) is 1. The fraction of sp³-hybridized carbons (Fsp3) is 0.467. The maximum atomic E-state index is 12.9. The zero-order valence-electron chi connectivity index (χ0n) is 25.1. The highest BCUT2D eigenvalue weighted by molar-refractivity contribution is 5.90. The molecule has 1 aliphatic rings. The normalized spacial score (nSPS) is 16.0. The maximum Gasteiger partial charge on any atom is 0.410 e. The molecule has 1 aliphatic heterocycles. The first-order valence-corrected chi connectivity index (χ1v) is 14.7. The SMILES string of the molecule is CCOCCn1nc(C(C)OCC)c2nc(N3CCN(C(=O)OCc4ccccc4)[C@H](C)C3)nc(Nc3ccncn3)c21. The van der Waals surface area contributed by atoms with Gasteiger partial charge >= 0.3 is 6.09 Å². The van der Waals surface area contributed by atoms with Crippen molar-refractivity contribution in [3.63, 3.8) is 0 Å². The monoisotopic (exact) mass is 589 g/mol. The molecular weight excluding hydrogens is 550 g/mol. The van der Waals surface area contributed by atoms with Crippen LogP contribution in [0.15, 0.2) is 48.9 Å². The van der Waals surface area contributed by atoms with E-state index in [0.717, 1.165) is 16.8 Å². The second-order valence-electron chi connectivity index (χ2n) is 10.2. The Labute approximate surface area is 251 Å². The largest absolute Gasteiger partial charge is 0.445 e. The van der Waals surface area contributed by atoms with Crippen LogP contribution in [0.1, 0.15) is 45.1 Å². The van der Waals surface area contributed by atoms with E-state index < -0.39 is 0 Å². The van der Waals surface area contributed by atoms with Crippen LogP contribution < -0.4 is 10.2 Å². The average Bonchev–Trinajstić information content (AvgIpc) is 3.40. The maximum absolute atomic E-state index is 12.9. The minimum absolute atomic E-state index is 0.120. The Bertz CT molecular complexity index is 1490. The van der Waals surface area contributed by atoms with Crippen LogP contribution >= 0.6 is 0 Å². The first kappa shape index (κ1) is 30.1. The van der Waals surface area contributed by atoms with Crippen LogP contribution in [0.5, 0.6) is 0 Å². The quantitative estimate of drug-likeness (QED) is 0.237. The second kappa shape index (κ2) is 14.2. The van der Waals surface area contributed by atoms with E-state index in [1.165, 1.54) is 6.33 Å². The molecule has 1 unspecified atom stereocenters. The standard InChI is InChI=1S/C30H39N9O4/c1-5-41-17-16-39-27-26(25(36-39)22(4)42-6-2)34-29(35-28(27)33-24-12-13-31-20-32-24)37-14-15-38(21(3)18-37)30(40)43-19-23-10-8-7-9-11-23/h7-13,20-22H,5-6,14-19H2,1-4H3,(H,31,32,33,34,35)/t21-,22?/m1/s1. The fourth-order valence-corrected chi connectivity index (χ4v) is 5.08. The Kier molecular flexibility index (Phi) is 9.95. The zero-order chi connectivity index (χ0) is 30.2. The van der Waals surface area contributed by atoms with Gasteiger partial charge in [0, 0.05) is 45.1 Å². The van der Waals surface area contributed by atoms with Crippen LogP contribution in [0.4, 0.5) is 22.4 Å². The van der Waals surface area contributed by atoms with Gasteiger partial charge in [0.15, 0.2) is 5.82 Å². The molecule has 13 heteroatoms. The van der Waals surface area contributed by atoms with Crippen molar-refractivity contribution >= 4 is 34.7 Å². The Morgan fingerprint density at radius 1 is 1.12 bits per heavy atom. The molecule has 4 heterocycles. The second-order valence-corrected chi connectivity index (χ2v) is 10.2. The number of anilines is 3. The molecule has 1 amide bonds. The van der Waals surface area contributed by atoms with Crippen LogP contribution in [0.2, 0.25) is 0 Å². The summed E-state index contributed by atoms with van der Waals surface area (Å²) >= 11 is 0. The summed E-state index contributed by atoms with van der Waals surface area (Å²) < 4.78 is 19.1. The molecule has 0 saturated carbocycles. The minimum Gasteiger partial charge on any atom is -0.445 e. The van der Waals surface area contributed by atoms with Gasteiger partial charge in [-0.2, -0.15) is 10.1 Å². The molecule has 0 spiro atoms. The number of ether oxygens (including phenoxy) is 3. The highest BCUT2D eigenvalue weighted by Gasteiger charge is 2.31.